The van der Waals surface area contributed by atoms with Crippen molar-refractivity contribution < 1.29 is 17.9 Å². The second kappa shape index (κ2) is 10.1. The summed E-state index contributed by atoms with van der Waals surface area (Å²) in [7, 11) is -3.31. The first-order valence-corrected chi connectivity index (χ1v) is 11.4. The Morgan fingerprint density at radius 1 is 1.10 bits per heavy atom. The van der Waals surface area contributed by atoms with Crippen LogP contribution in [0, 0.1) is 11.8 Å². The Balaban J connectivity index is 1.42. The van der Waals surface area contributed by atoms with Gasteiger partial charge in [0.2, 0.25) is 5.91 Å². The average molecular weight is 437 g/mol. The second-order valence-corrected chi connectivity index (χ2v) is 9.70. The molecule has 2 aromatic carbocycles. The highest BCUT2D eigenvalue weighted by molar-refractivity contribution is 7.92. The van der Waals surface area contributed by atoms with Crippen molar-refractivity contribution in [2.75, 3.05) is 13.2 Å². The van der Waals surface area contributed by atoms with Gasteiger partial charge in [0.1, 0.15) is 12.4 Å². The molecule has 0 saturated carbocycles. The van der Waals surface area contributed by atoms with Crippen LogP contribution in [0.3, 0.4) is 0 Å². The molecule has 1 aromatic heterocycles. The maximum absolute atomic E-state index is 12.1. The van der Waals surface area contributed by atoms with E-state index < -0.39 is 15.1 Å². The monoisotopic (exact) mass is 436 g/mol. The second-order valence-electron chi connectivity index (χ2n) is 7.19. The van der Waals surface area contributed by atoms with E-state index in [1.54, 1.807) is 32.2 Å². The van der Waals surface area contributed by atoms with E-state index in [1.807, 2.05) is 30.3 Å². The summed E-state index contributed by atoms with van der Waals surface area (Å²) < 4.78 is 29.9. The van der Waals surface area contributed by atoms with Gasteiger partial charge in [-0.15, -0.1) is 0 Å². The van der Waals surface area contributed by atoms with Crippen LogP contribution in [0.25, 0.3) is 10.9 Å². The van der Waals surface area contributed by atoms with Gasteiger partial charge in [-0.05, 0) is 49.7 Å². The third kappa shape index (κ3) is 6.06. The van der Waals surface area contributed by atoms with Gasteiger partial charge in [-0.25, -0.2) is 8.42 Å². The fourth-order valence-corrected chi connectivity index (χ4v) is 3.89. The number of pyridine rings is 1. The molecule has 3 rings (SSSR count). The molecule has 6 nitrogen and oxygen atoms in total. The molecule has 1 amide bonds. The predicted molar refractivity (Wildman–Crippen MR) is 120 cm³/mol. The molecule has 3 aromatic rings. The van der Waals surface area contributed by atoms with E-state index in [1.165, 1.54) is 12.1 Å². The van der Waals surface area contributed by atoms with Crippen LogP contribution in [0.15, 0.2) is 65.7 Å². The molecule has 0 unspecified atom stereocenters. The molecule has 0 radical (unpaired) electrons. The van der Waals surface area contributed by atoms with Crippen molar-refractivity contribution in [1.29, 1.82) is 0 Å². The van der Waals surface area contributed by atoms with Crippen LogP contribution in [0.5, 0.6) is 5.75 Å². The average Bonchev–Trinajstić information content (AvgIpc) is 2.76. The molecule has 0 fully saturated rings. The Bertz CT molecular complexity index is 1220. The summed E-state index contributed by atoms with van der Waals surface area (Å²) in [6, 6.07) is 15.9. The van der Waals surface area contributed by atoms with Gasteiger partial charge >= 0.3 is 0 Å². The molecule has 0 spiro atoms. The zero-order valence-electron chi connectivity index (χ0n) is 17.5. The number of sulfone groups is 1. The summed E-state index contributed by atoms with van der Waals surface area (Å²) >= 11 is 0. The molecule has 0 aliphatic heterocycles. The lowest BCUT2D eigenvalue weighted by Crippen LogP contribution is -2.25. The summed E-state index contributed by atoms with van der Waals surface area (Å²) in [5.74, 6) is 6.21. The summed E-state index contributed by atoms with van der Waals surface area (Å²) in [6.07, 6.45) is 1.89. The highest BCUT2D eigenvalue weighted by atomic mass is 32.2. The Kier molecular flexibility index (Phi) is 7.27. The summed E-state index contributed by atoms with van der Waals surface area (Å²) in [5, 5.41) is 3.28. The molecule has 0 saturated heterocycles. The third-order valence-electron chi connectivity index (χ3n) is 4.62. The first-order valence-electron chi connectivity index (χ1n) is 9.89. The van der Waals surface area contributed by atoms with Crippen molar-refractivity contribution in [3.63, 3.8) is 0 Å². The third-order valence-corrected chi connectivity index (χ3v) is 6.79. The van der Waals surface area contributed by atoms with Crippen LogP contribution in [0.4, 0.5) is 0 Å². The minimum Gasteiger partial charge on any atom is -0.481 e. The number of fused-ring (bicyclic) bond motifs is 1. The van der Waals surface area contributed by atoms with Gasteiger partial charge in [-0.2, -0.15) is 0 Å². The zero-order chi connectivity index (χ0) is 22.3. The number of carbonyl (C=O) groups is 1. The highest BCUT2D eigenvalue weighted by Gasteiger charge is 2.18. The summed E-state index contributed by atoms with van der Waals surface area (Å²) in [5.41, 5.74) is 1.59. The topological polar surface area (TPSA) is 85.4 Å². The zero-order valence-corrected chi connectivity index (χ0v) is 18.3. The molecule has 0 atom stereocenters. The maximum Gasteiger partial charge on any atom is 0.225 e. The number of ether oxygens (including phenoxy) is 1. The smallest absolute Gasteiger partial charge is 0.225 e. The Morgan fingerprint density at radius 2 is 1.87 bits per heavy atom. The maximum atomic E-state index is 12.1. The molecule has 0 aliphatic carbocycles. The van der Waals surface area contributed by atoms with Crippen LogP contribution < -0.4 is 10.1 Å². The number of nitrogens with zero attached hydrogens (tertiary/aromatic N) is 1. The molecule has 7 heteroatoms. The lowest BCUT2D eigenvalue weighted by atomic mass is 10.1. The molecule has 0 aliphatic rings. The van der Waals surface area contributed by atoms with E-state index in [-0.39, 0.29) is 30.4 Å². The number of hydrogen-bond donors (Lipinski definition) is 1. The number of amides is 1. The predicted octanol–water partition coefficient (Wildman–Crippen LogP) is 3.16. The van der Waals surface area contributed by atoms with E-state index in [2.05, 4.69) is 22.1 Å². The fraction of sp³-hybridized carbons (Fsp3) is 0.250. The van der Waals surface area contributed by atoms with Crippen molar-refractivity contribution >= 4 is 26.6 Å². The van der Waals surface area contributed by atoms with Gasteiger partial charge in [0, 0.05) is 17.6 Å². The quantitative estimate of drug-likeness (QED) is 0.575. The van der Waals surface area contributed by atoms with Crippen molar-refractivity contribution in [3.05, 3.63) is 66.4 Å². The molecular formula is C24H24N2O4S. The number of benzene rings is 2. The first-order chi connectivity index (χ1) is 14.9. The highest BCUT2D eigenvalue weighted by Crippen LogP contribution is 2.18. The van der Waals surface area contributed by atoms with E-state index >= 15 is 0 Å². The lowest BCUT2D eigenvalue weighted by molar-refractivity contribution is -0.120. The van der Waals surface area contributed by atoms with Crippen LogP contribution in [-0.2, 0) is 21.1 Å². The minimum atomic E-state index is -3.31. The fourth-order valence-electron chi connectivity index (χ4n) is 2.83. The van der Waals surface area contributed by atoms with Gasteiger partial charge in [0.05, 0.1) is 28.6 Å². The molecule has 160 valence electrons. The van der Waals surface area contributed by atoms with Gasteiger partial charge in [0.15, 0.2) is 9.84 Å². The van der Waals surface area contributed by atoms with Crippen molar-refractivity contribution in [2.45, 2.75) is 30.4 Å². The molecular weight excluding hydrogens is 412 g/mol. The van der Waals surface area contributed by atoms with Gasteiger partial charge in [0.25, 0.3) is 0 Å². The number of carbonyl (C=O) groups excluding carboxylic acids is 1. The number of rotatable bonds is 7. The number of nitrogens with one attached hydrogen (secondary N) is 1. The Labute approximate surface area is 182 Å². The molecule has 31 heavy (non-hydrogen) atoms. The minimum absolute atomic E-state index is 0.157. The van der Waals surface area contributed by atoms with Crippen molar-refractivity contribution in [2.24, 2.45) is 0 Å². The van der Waals surface area contributed by atoms with E-state index in [0.717, 1.165) is 16.5 Å². The van der Waals surface area contributed by atoms with Crippen LogP contribution in [0.2, 0.25) is 0 Å². The number of hydrogen-bond acceptors (Lipinski definition) is 5. The Hall–Kier alpha value is -3.37. The van der Waals surface area contributed by atoms with Gasteiger partial charge < -0.3 is 10.1 Å². The first kappa shape index (κ1) is 22.3. The normalized spacial score (nSPS) is 11.1. The van der Waals surface area contributed by atoms with Gasteiger partial charge in [-0.3, -0.25) is 9.78 Å². The standard InChI is InChI=1S/C24H24N2O4S/c1-18(2)31(28,29)22-11-7-19(8-12-22)16-24(27)26-13-3-4-15-30-21-10-9-20-6-5-14-25-23(20)17-21/h5-12,14,17-18H,13,15-16H2,1-2H3,(H,26,27). The van der Waals surface area contributed by atoms with Crippen molar-refractivity contribution in [1.82, 2.24) is 10.3 Å². The van der Waals surface area contributed by atoms with E-state index in [9.17, 15) is 13.2 Å². The summed E-state index contributed by atoms with van der Waals surface area (Å²) in [4.78, 5) is 16.6. The van der Waals surface area contributed by atoms with E-state index in [0.29, 0.717) is 5.75 Å². The number of aromatic nitrogens is 1. The van der Waals surface area contributed by atoms with Crippen LogP contribution in [-0.4, -0.2) is 37.7 Å². The lowest BCUT2D eigenvalue weighted by Gasteiger charge is -2.08. The largest absolute Gasteiger partial charge is 0.481 e. The summed E-state index contributed by atoms with van der Waals surface area (Å²) in [6.45, 7) is 3.70. The van der Waals surface area contributed by atoms with Crippen LogP contribution in [0.1, 0.15) is 19.4 Å². The Morgan fingerprint density at radius 3 is 2.61 bits per heavy atom. The van der Waals surface area contributed by atoms with Crippen molar-refractivity contribution in [3.8, 4) is 17.6 Å². The SMILES string of the molecule is CC(C)S(=O)(=O)c1ccc(CC(=O)NCC#CCOc2ccc3cccnc3c2)cc1. The van der Waals surface area contributed by atoms with Gasteiger partial charge in [-0.1, -0.05) is 30.0 Å². The molecule has 0 bridgehead atoms. The van der Waals surface area contributed by atoms with E-state index in [4.69, 9.17) is 4.74 Å². The molecule has 1 heterocycles. The molecule has 1 N–H and O–H groups in total. The van der Waals surface area contributed by atoms with Crippen LogP contribution >= 0.6 is 0 Å².